The molecule has 2 heterocycles. The molecule has 1 aliphatic heterocycles. The average molecular weight is 268 g/mol. The van der Waals surface area contributed by atoms with Crippen LogP contribution in [-0.2, 0) is 19.5 Å². The van der Waals surface area contributed by atoms with Crippen LogP contribution in [0.15, 0.2) is 30.6 Å². The summed E-state index contributed by atoms with van der Waals surface area (Å²) in [5, 5.41) is 6.96. The number of rotatable bonds is 4. The largest absolute Gasteiger partial charge is 0.385 e. The zero-order chi connectivity index (χ0) is 13.8. The molecule has 0 spiro atoms. The van der Waals surface area contributed by atoms with Gasteiger partial charge in [0.25, 0.3) is 0 Å². The molecular weight excluding hydrogens is 248 g/mol. The fraction of sp³-hybridized carbons (Fsp3) is 0.375. The fourth-order valence-electron chi connectivity index (χ4n) is 2.56. The van der Waals surface area contributed by atoms with Crippen molar-refractivity contribution in [3.8, 4) is 0 Å². The number of hydrogen-bond donors (Lipinski definition) is 2. The van der Waals surface area contributed by atoms with Gasteiger partial charge in [0, 0.05) is 37.7 Å². The minimum absolute atomic E-state index is 0.747. The Hall–Kier alpha value is -1.94. The van der Waals surface area contributed by atoms with Gasteiger partial charge in [-0.15, -0.1) is 0 Å². The number of aryl methyl sites for hydroxylation is 2. The number of para-hydroxylation sites is 1. The van der Waals surface area contributed by atoms with Crippen molar-refractivity contribution in [3.63, 3.8) is 0 Å². The molecule has 0 radical (unpaired) electrons. The molecule has 2 N–H and O–H groups in total. The number of aromatic nitrogens is 2. The van der Waals surface area contributed by atoms with Crippen LogP contribution in [0.1, 0.15) is 28.9 Å². The van der Waals surface area contributed by atoms with Crippen molar-refractivity contribution in [2.45, 2.75) is 32.9 Å². The highest BCUT2D eigenvalue weighted by Crippen LogP contribution is 2.25. The second-order valence-corrected chi connectivity index (χ2v) is 5.23. The molecular formula is C16H20N4. The molecule has 0 saturated heterocycles. The summed E-state index contributed by atoms with van der Waals surface area (Å²) >= 11 is 0. The topological polar surface area (TPSA) is 49.8 Å². The summed E-state index contributed by atoms with van der Waals surface area (Å²) in [5.74, 6) is 0. The van der Waals surface area contributed by atoms with E-state index in [-0.39, 0.29) is 0 Å². The monoisotopic (exact) mass is 268 g/mol. The van der Waals surface area contributed by atoms with E-state index in [1.54, 1.807) is 0 Å². The standard InChI is InChI=1S/C16H20N4/c1-12-8-20-15(11-19-12)10-17-9-14-5-2-4-13-6-3-7-18-16(13)14/h2,4-5,8,11,17-18H,3,6-7,9-10H2,1H3. The molecule has 1 aromatic heterocycles. The zero-order valence-electron chi connectivity index (χ0n) is 11.8. The molecule has 4 nitrogen and oxygen atoms in total. The Morgan fingerprint density at radius 2 is 2.15 bits per heavy atom. The van der Waals surface area contributed by atoms with Gasteiger partial charge in [-0.25, -0.2) is 0 Å². The van der Waals surface area contributed by atoms with E-state index in [2.05, 4.69) is 38.8 Å². The molecule has 20 heavy (non-hydrogen) atoms. The van der Waals surface area contributed by atoms with Crippen LogP contribution in [0.4, 0.5) is 5.69 Å². The first kappa shape index (κ1) is 13.1. The van der Waals surface area contributed by atoms with Crippen molar-refractivity contribution < 1.29 is 0 Å². The maximum absolute atomic E-state index is 4.36. The van der Waals surface area contributed by atoms with Gasteiger partial charge in [0.05, 0.1) is 11.4 Å². The number of fused-ring (bicyclic) bond motifs is 1. The first-order chi connectivity index (χ1) is 9.83. The van der Waals surface area contributed by atoms with Crippen molar-refractivity contribution in [1.29, 1.82) is 0 Å². The highest BCUT2D eigenvalue weighted by molar-refractivity contribution is 5.59. The first-order valence-corrected chi connectivity index (χ1v) is 7.16. The van der Waals surface area contributed by atoms with E-state index < -0.39 is 0 Å². The van der Waals surface area contributed by atoms with E-state index in [0.29, 0.717) is 0 Å². The number of benzene rings is 1. The van der Waals surface area contributed by atoms with Crippen molar-refractivity contribution in [1.82, 2.24) is 15.3 Å². The molecule has 104 valence electrons. The van der Waals surface area contributed by atoms with Gasteiger partial charge in [0.1, 0.15) is 0 Å². The van der Waals surface area contributed by atoms with E-state index in [4.69, 9.17) is 0 Å². The van der Waals surface area contributed by atoms with E-state index >= 15 is 0 Å². The molecule has 0 saturated carbocycles. The third-order valence-corrected chi connectivity index (χ3v) is 3.62. The summed E-state index contributed by atoms with van der Waals surface area (Å²) in [6.07, 6.45) is 6.05. The summed E-state index contributed by atoms with van der Waals surface area (Å²) in [5.41, 5.74) is 6.03. The van der Waals surface area contributed by atoms with E-state index in [1.165, 1.54) is 29.7 Å². The molecule has 2 aromatic rings. The molecule has 0 bridgehead atoms. The van der Waals surface area contributed by atoms with Gasteiger partial charge >= 0.3 is 0 Å². The van der Waals surface area contributed by atoms with Crippen LogP contribution in [0.2, 0.25) is 0 Å². The number of hydrogen-bond acceptors (Lipinski definition) is 4. The zero-order valence-corrected chi connectivity index (χ0v) is 11.8. The fourth-order valence-corrected chi connectivity index (χ4v) is 2.56. The predicted octanol–water partition coefficient (Wildman–Crippen LogP) is 2.43. The van der Waals surface area contributed by atoms with Crippen LogP contribution < -0.4 is 10.6 Å². The maximum atomic E-state index is 4.36. The molecule has 1 aliphatic rings. The lowest BCUT2D eigenvalue weighted by molar-refractivity contribution is 0.674. The Bertz CT molecular complexity index is 578. The second kappa shape index (κ2) is 6.01. The summed E-state index contributed by atoms with van der Waals surface area (Å²) in [4.78, 5) is 8.62. The average Bonchev–Trinajstić information content (AvgIpc) is 2.49. The lowest BCUT2D eigenvalue weighted by Gasteiger charge is -2.21. The van der Waals surface area contributed by atoms with Gasteiger partial charge in [-0.2, -0.15) is 0 Å². The molecule has 0 aliphatic carbocycles. The van der Waals surface area contributed by atoms with Crippen molar-refractivity contribution in [3.05, 3.63) is 53.1 Å². The summed E-state index contributed by atoms with van der Waals surface area (Å²) in [6.45, 7) is 4.63. The van der Waals surface area contributed by atoms with Gasteiger partial charge in [-0.05, 0) is 30.9 Å². The molecule has 1 aromatic carbocycles. The highest BCUT2D eigenvalue weighted by Gasteiger charge is 2.11. The van der Waals surface area contributed by atoms with Gasteiger partial charge in [-0.1, -0.05) is 18.2 Å². The van der Waals surface area contributed by atoms with Crippen LogP contribution in [0.25, 0.3) is 0 Å². The molecule has 0 unspecified atom stereocenters. The lowest BCUT2D eigenvalue weighted by atomic mass is 9.99. The van der Waals surface area contributed by atoms with E-state index in [1.807, 2.05) is 19.3 Å². The third-order valence-electron chi connectivity index (χ3n) is 3.62. The van der Waals surface area contributed by atoms with Gasteiger partial charge in [0.2, 0.25) is 0 Å². The number of nitrogens with one attached hydrogen (secondary N) is 2. The van der Waals surface area contributed by atoms with Gasteiger partial charge in [0.15, 0.2) is 0 Å². The molecule has 0 amide bonds. The Morgan fingerprint density at radius 3 is 3.00 bits per heavy atom. The molecule has 0 atom stereocenters. The van der Waals surface area contributed by atoms with E-state index in [9.17, 15) is 0 Å². The first-order valence-electron chi connectivity index (χ1n) is 7.16. The third kappa shape index (κ3) is 2.96. The van der Waals surface area contributed by atoms with Crippen LogP contribution in [-0.4, -0.2) is 16.5 Å². The minimum atomic E-state index is 0.747. The van der Waals surface area contributed by atoms with Crippen molar-refractivity contribution in [2.24, 2.45) is 0 Å². The number of nitrogens with zero attached hydrogens (tertiary/aromatic N) is 2. The van der Waals surface area contributed by atoms with Gasteiger partial charge < -0.3 is 10.6 Å². The Labute approximate surface area is 119 Å². The molecule has 3 rings (SSSR count). The second-order valence-electron chi connectivity index (χ2n) is 5.23. The summed E-state index contributed by atoms with van der Waals surface area (Å²) in [6, 6.07) is 6.55. The van der Waals surface area contributed by atoms with Crippen LogP contribution in [0.3, 0.4) is 0 Å². The van der Waals surface area contributed by atoms with Crippen LogP contribution in [0.5, 0.6) is 0 Å². The normalized spacial score (nSPS) is 13.7. The quantitative estimate of drug-likeness (QED) is 0.894. The Morgan fingerprint density at radius 1 is 1.20 bits per heavy atom. The van der Waals surface area contributed by atoms with Crippen LogP contribution in [0, 0.1) is 6.92 Å². The van der Waals surface area contributed by atoms with Crippen molar-refractivity contribution in [2.75, 3.05) is 11.9 Å². The van der Waals surface area contributed by atoms with E-state index in [0.717, 1.165) is 31.0 Å². The smallest absolute Gasteiger partial charge is 0.0724 e. The molecule has 4 heteroatoms. The Kier molecular flexibility index (Phi) is 3.92. The summed E-state index contributed by atoms with van der Waals surface area (Å²) in [7, 11) is 0. The maximum Gasteiger partial charge on any atom is 0.0724 e. The predicted molar refractivity (Wildman–Crippen MR) is 80.6 cm³/mol. The van der Waals surface area contributed by atoms with Crippen LogP contribution >= 0.6 is 0 Å². The summed E-state index contributed by atoms with van der Waals surface area (Å²) < 4.78 is 0. The number of anilines is 1. The lowest BCUT2D eigenvalue weighted by Crippen LogP contribution is -2.18. The highest BCUT2D eigenvalue weighted by atomic mass is 14.9. The molecule has 0 fully saturated rings. The van der Waals surface area contributed by atoms with Gasteiger partial charge in [-0.3, -0.25) is 9.97 Å². The Balaban J connectivity index is 1.62. The SMILES string of the molecule is Cc1cnc(CNCc2cccc3c2NCCC3)cn1. The minimum Gasteiger partial charge on any atom is -0.385 e. The van der Waals surface area contributed by atoms with Crippen molar-refractivity contribution >= 4 is 5.69 Å².